The Kier molecular flexibility index (Phi) is 3.49. The van der Waals surface area contributed by atoms with Gasteiger partial charge in [0.1, 0.15) is 5.82 Å². The molecule has 20 heavy (non-hydrogen) atoms. The zero-order chi connectivity index (χ0) is 14.1. The van der Waals surface area contributed by atoms with Crippen LogP contribution in [-0.4, -0.2) is 20.6 Å². The maximum Gasteiger partial charge on any atom is 0.356 e. The summed E-state index contributed by atoms with van der Waals surface area (Å²) in [5.41, 5.74) is 1.95. The highest BCUT2D eigenvalue weighted by molar-refractivity contribution is 6.30. The molecule has 1 aliphatic rings. The molecule has 0 saturated heterocycles. The normalized spacial score (nSPS) is 14.7. The maximum absolute atomic E-state index is 11.4. The standard InChI is InChI=1S/C15H15ClN2O2/c16-11-7-5-10(6-8-11)14-17-13(15(19)20)12-4-2-1-3-9-18(12)14/h5-8H,1-4,9H2,(H,19,20). The number of hydrogen-bond acceptors (Lipinski definition) is 2. The molecule has 1 aliphatic heterocycles. The number of hydrogen-bond donors (Lipinski definition) is 1. The monoisotopic (exact) mass is 290 g/mol. The molecule has 0 saturated carbocycles. The zero-order valence-electron chi connectivity index (χ0n) is 11.0. The molecule has 1 N–H and O–H groups in total. The van der Waals surface area contributed by atoms with Crippen molar-refractivity contribution in [2.75, 3.05) is 0 Å². The lowest BCUT2D eigenvalue weighted by atomic mass is 10.1. The van der Waals surface area contributed by atoms with Crippen LogP contribution in [0.25, 0.3) is 11.4 Å². The Morgan fingerprint density at radius 2 is 1.95 bits per heavy atom. The summed E-state index contributed by atoms with van der Waals surface area (Å²) in [4.78, 5) is 15.7. The largest absolute Gasteiger partial charge is 0.476 e. The van der Waals surface area contributed by atoms with Crippen LogP contribution in [0.2, 0.25) is 5.02 Å². The first kappa shape index (κ1) is 13.2. The summed E-state index contributed by atoms with van der Waals surface area (Å²) in [6, 6.07) is 7.37. The molecule has 104 valence electrons. The van der Waals surface area contributed by atoms with E-state index in [9.17, 15) is 9.90 Å². The van der Waals surface area contributed by atoms with E-state index in [0.717, 1.165) is 49.3 Å². The first-order valence-electron chi connectivity index (χ1n) is 6.75. The number of aromatic carboxylic acids is 1. The summed E-state index contributed by atoms with van der Waals surface area (Å²) in [5.74, 6) is -0.216. The van der Waals surface area contributed by atoms with E-state index >= 15 is 0 Å². The zero-order valence-corrected chi connectivity index (χ0v) is 11.7. The SMILES string of the molecule is O=C(O)c1nc(-c2ccc(Cl)cc2)n2c1CCCCC2. The van der Waals surface area contributed by atoms with Gasteiger partial charge in [-0.15, -0.1) is 0 Å². The molecule has 0 radical (unpaired) electrons. The minimum Gasteiger partial charge on any atom is -0.476 e. The second kappa shape index (κ2) is 5.29. The van der Waals surface area contributed by atoms with Crippen molar-refractivity contribution in [2.45, 2.75) is 32.2 Å². The molecule has 0 spiro atoms. The molecule has 0 fully saturated rings. The smallest absolute Gasteiger partial charge is 0.356 e. The molecule has 1 aromatic heterocycles. The van der Waals surface area contributed by atoms with Gasteiger partial charge in [-0.1, -0.05) is 18.0 Å². The number of carboxylic acids is 1. The molecule has 2 heterocycles. The molecule has 0 atom stereocenters. The molecule has 1 aromatic carbocycles. The van der Waals surface area contributed by atoms with Crippen LogP contribution in [0, 0.1) is 0 Å². The Morgan fingerprint density at radius 3 is 2.65 bits per heavy atom. The van der Waals surface area contributed by atoms with E-state index in [0.29, 0.717) is 5.02 Å². The topological polar surface area (TPSA) is 55.1 Å². The van der Waals surface area contributed by atoms with Crippen molar-refractivity contribution in [3.8, 4) is 11.4 Å². The summed E-state index contributed by atoms with van der Waals surface area (Å²) < 4.78 is 2.06. The summed E-state index contributed by atoms with van der Waals surface area (Å²) >= 11 is 5.90. The highest BCUT2D eigenvalue weighted by atomic mass is 35.5. The Morgan fingerprint density at radius 1 is 1.20 bits per heavy atom. The van der Waals surface area contributed by atoms with Gasteiger partial charge in [-0.25, -0.2) is 9.78 Å². The molecule has 3 rings (SSSR count). The van der Waals surface area contributed by atoms with Gasteiger partial charge >= 0.3 is 5.97 Å². The van der Waals surface area contributed by atoms with E-state index in [2.05, 4.69) is 9.55 Å². The van der Waals surface area contributed by atoms with Gasteiger partial charge in [0.2, 0.25) is 0 Å². The minimum atomic E-state index is -0.948. The third-order valence-corrected chi connectivity index (χ3v) is 3.92. The van der Waals surface area contributed by atoms with Gasteiger partial charge in [-0.05, 0) is 43.5 Å². The fourth-order valence-electron chi connectivity index (χ4n) is 2.71. The third kappa shape index (κ3) is 2.31. The van der Waals surface area contributed by atoms with Crippen LogP contribution in [0.4, 0.5) is 0 Å². The number of rotatable bonds is 2. The van der Waals surface area contributed by atoms with Crippen molar-refractivity contribution < 1.29 is 9.90 Å². The van der Waals surface area contributed by atoms with Crippen molar-refractivity contribution in [3.63, 3.8) is 0 Å². The molecule has 4 nitrogen and oxygen atoms in total. The molecule has 5 heteroatoms. The van der Waals surface area contributed by atoms with Crippen LogP contribution in [0.5, 0.6) is 0 Å². The van der Waals surface area contributed by atoms with Crippen molar-refractivity contribution in [2.24, 2.45) is 0 Å². The van der Waals surface area contributed by atoms with E-state index in [1.807, 2.05) is 12.1 Å². The number of fused-ring (bicyclic) bond motifs is 1. The molecule has 2 aromatic rings. The first-order valence-corrected chi connectivity index (χ1v) is 7.13. The van der Waals surface area contributed by atoms with E-state index in [1.165, 1.54) is 0 Å². The van der Waals surface area contributed by atoms with Crippen LogP contribution in [0.3, 0.4) is 0 Å². The van der Waals surface area contributed by atoms with Gasteiger partial charge in [-0.2, -0.15) is 0 Å². The third-order valence-electron chi connectivity index (χ3n) is 3.67. The summed E-state index contributed by atoms with van der Waals surface area (Å²) in [7, 11) is 0. The van der Waals surface area contributed by atoms with Crippen LogP contribution in [0.15, 0.2) is 24.3 Å². The molecule has 0 aliphatic carbocycles. The second-order valence-corrected chi connectivity index (χ2v) is 5.44. The number of halogens is 1. The quantitative estimate of drug-likeness (QED) is 0.919. The highest BCUT2D eigenvalue weighted by Crippen LogP contribution is 2.27. The van der Waals surface area contributed by atoms with Crippen LogP contribution in [0.1, 0.15) is 35.4 Å². The van der Waals surface area contributed by atoms with Gasteiger partial charge < -0.3 is 9.67 Å². The minimum absolute atomic E-state index is 0.192. The van der Waals surface area contributed by atoms with E-state index in [1.54, 1.807) is 12.1 Å². The van der Waals surface area contributed by atoms with E-state index in [-0.39, 0.29) is 5.69 Å². The fraction of sp³-hybridized carbons (Fsp3) is 0.333. The fourth-order valence-corrected chi connectivity index (χ4v) is 2.84. The Balaban J connectivity index is 2.15. The van der Waals surface area contributed by atoms with Crippen molar-refractivity contribution in [1.29, 1.82) is 0 Å². The van der Waals surface area contributed by atoms with Gasteiger partial charge in [0.05, 0.1) is 5.69 Å². The van der Waals surface area contributed by atoms with Gasteiger partial charge in [0, 0.05) is 17.1 Å². The Hall–Kier alpha value is -1.81. The van der Waals surface area contributed by atoms with Crippen LogP contribution in [-0.2, 0) is 13.0 Å². The van der Waals surface area contributed by atoms with Gasteiger partial charge in [-0.3, -0.25) is 0 Å². The highest BCUT2D eigenvalue weighted by Gasteiger charge is 2.23. The van der Waals surface area contributed by atoms with Gasteiger partial charge in [0.15, 0.2) is 5.69 Å². The number of benzene rings is 1. The summed E-state index contributed by atoms with van der Waals surface area (Å²) in [6.07, 6.45) is 3.98. The van der Waals surface area contributed by atoms with Crippen molar-refractivity contribution >= 4 is 17.6 Å². The van der Waals surface area contributed by atoms with Gasteiger partial charge in [0.25, 0.3) is 0 Å². The second-order valence-electron chi connectivity index (χ2n) is 5.01. The van der Waals surface area contributed by atoms with Crippen LogP contribution >= 0.6 is 11.6 Å². The number of carbonyl (C=O) groups is 1. The lowest BCUT2D eigenvalue weighted by Gasteiger charge is -2.08. The van der Waals surface area contributed by atoms with E-state index < -0.39 is 5.97 Å². The first-order chi connectivity index (χ1) is 9.66. The average molecular weight is 291 g/mol. The molecule has 0 unspecified atom stereocenters. The lowest BCUT2D eigenvalue weighted by Crippen LogP contribution is -2.06. The average Bonchev–Trinajstić information content (AvgIpc) is 2.63. The number of carboxylic acid groups (broad SMARTS) is 1. The predicted octanol–water partition coefficient (Wildman–Crippen LogP) is 3.63. The van der Waals surface area contributed by atoms with E-state index in [4.69, 9.17) is 11.6 Å². The molecular weight excluding hydrogens is 276 g/mol. The Bertz CT molecular complexity index is 647. The summed E-state index contributed by atoms with van der Waals surface area (Å²) in [5, 5.41) is 10.0. The molecule has 0 bridgehead atoms. The number of imidazole rings is 1. The lowest BCUT2D eigenvalue weighted by molar-refractivity contribution is 0.0689. The molecular formula is C15H15ClN2O2. The predicted molar refractivity (Wildman–Crippen MR) is 77.2 cm³/mol. The van der Waals surface area contributed by atoms with Crippen molar-refractivity contribution in [3.05, 3.63) is 40.7 Å². The number of nitrogens with zero attached hydrogens (tertiary/aromatic N) is 2. The Labute approximate surface area is 122 Å². The maximum atomic E-state index is 11.4. The van der Waals surface area contributed by atoms with Crippen LogP contribution < -0.4 is 0 Å². The summed E-state index contributed by atoms with van der Waals surface area (Å²) in [6.45, 7) is 0.827. The number of aromatic nitrogens is 2. The van der Waals surface area contributed by atoms with Crippen molar-refractivity contribution in [1.82, 2.24) is 9.55 Å². The molecule has 0 amide bonds.